The molecule has 0 saturated carbocycles. The average Bonchev–Trinajstić information content (AvgIpc) is 2.72. The highest BCUT2D eigenvalue weighted by Gasteiger charge is 2.31. The molecule has 2 amide bonds. The van der Waals surface area contributed by atoms with Crippen LogP contribution in [0.5, 0.6) is 0 Å². The zero-order chi connectivity index (χ0) is 20.1. The zero-order valence-corrected chi connectivity index (χ0v) is 17.3. The average molecular weight is 388 g/mol. The quantitative estimate of drug-likeness (QED) is 0.776. The summed E-state index contributed by atoms with van der Waals surface area (Å²) in [4.78, 5) is 33.0. The number of likely N-dealkylation sites (tertiary alicyclic amines) is 1. The largest absolute Gasteiger partial charge is 0.360 e. The summed E-state index contributed by atoms with van der Waals surface area (Å²) < 4.78 is 0. The van der Waals surface area contributed by atoms with Gasteiger partial charge in [0.15, 0.2) is 0 Å². The van der Waals surface area contributed by atoms with Crippen LogP contribution >= 0.6 is 0 Å². The zero-order valence-electron chi connectivity index (χ0n) is 17.3. The first kappa shape index (κ1) is 20.6. The summed E-state index contributed by atoms with van der Waals surface area (Å²) in [5.41, 5.74) is 1.16. The van der Waals surface area contributed by atoms with E-state index in [4.69, 9.17) is 0 Å². The predicted molar refractivity (Wildman–Crippen MR) is 110 cm³/mol. The van der Waals surface area contributed by atoms with Crippen LogP contribution in [0.4, 0.5) is 5.69 Å². The van der Waals surface area contributed by atoms with Crippen LogP contribution in [0.3, 0.4) is 0 Å². The lowest BCUT2D eigenvalue weighted by Gasteiger charge is -2.43. The second-order valence-corrected chi connectivity index (χ2v) is 8.53. The topological polar surface area (TPSA) is 77.6 Å². The third-order valence-electron chi connectivity index (χ3n) is 6.01. The Kier molecular flexibility index (Phi) is 6.54. The Hall–Kier alpha value is -2.15. The number of aromatic nitrogens is 1. The van der Waals surface area contributed by atoms with Gasteiger partial charge in [0.05, 0.1) is 6.54 Å². The van der Waals surface area contributed by atoms with Gasteiger partial charge in [0.1, 0.15) is 5.69 Å². The number of pyridine rings is 1. The van der Waals surface area contributed by atoms with Crippen LogP contribution < -0.4 is 15.5 Å². The summed E-state index contributed by atoms with van der Waals surface area (Å²) >= 11 is 0. The lowest BCUT2D eigenvalue weighted by Crippen LogP contribution is -2.54. The normalized spacial score (nSPS) is 21.3. The summed E-state index contributed by atoms with van der Waals surface area (Å²) in [7, 11) is 0. The molecule has 3 rings (SSSR count). The number of carbonyl (C=O) groups is 2. The van der Waals surface area contributed by atoms with Crippen molar-refractivity contribution in [2.24, 2.45) is 5.92 Å². The molecule has 28 heavy (non-hydrogen) atoms. The molecule has 2 aliphatic rings. The van der Waals surface area contributed by atoms with Gasteiger partial charge in [-0.25, -0.2) is 0 Å². The van der Waals surface area contributed by atoms with Crippen molar-refractivity contribution >= 4 is 17.5 Å². The standard InChI is InChI=1S/C21H33N5O2/c1-4-16-6-5-10-26(13-16)21(2,3)15-24-20(28)18-12-17(7-8-22-18)25-11-9-23-19(27)14-25/h7-8,12,16H,4-6,9-11,13-15H2,1-3H3,(H,23,27)(H,24,28). The molecular formula is C21H33N5O2. The number of piperazine rings is 1. The molecule has 0 aromatic carbocycles. The molecule has 0 bridgehead atoms. The highest BCUT2D eigenvalue weighted by atomic mass is 16.2. The molecule has 3 heterocycles. The molecule has 1 aromatic heterocycles. The van der Waals surface area contributed by atoms with E-state index in [0.717, 1.165) is 31.2 Å². The number of hydrogen-bond acceptors (Lipinski definition) is 5. The van der Waals surface area contributed by atoms with Gasteiger partial charge in [-0.3, -0.25) is 19.5 Å². The molecule has 2 N–H and O–H groups in total. The maximum atomic E-state index is 12.7. The van der Waals surface area contributed by atoms with E-state index in [9.17, 15) is 9.59 Å². The van der Waals surface area contributed by atoms with E-state index >= 15 is 0 Å². The Bertz CT molecular complexity index is 706. The van der Waals surface area contributed by atoms with Gasteiger partial charge in [0.25, 0.3) is 5.91 Å². The van der Waals surface area contributed by atoms with Crippen LogP contribution in [0, 0.1) is 5.92 Å². The van der Waals surface area contributed by atoms with Gasteiger partial charge in [-0.2, -0.15) is 0 Å². The number of anilines is 1. The van der Waals surface area contributed by atoms with Crippen molar-refractivity contribution in [3.8, 4) is 0 Å². The lowest BCUT2D eigenvalue weighted by molar-refractivity contribution is -0.120. The van der Waals surface area contributed by atoms with Gasteiger partial charge in [-0.1, -0.05) is 13.3 Å². The highest BCUT2D eigenvalue weighted by Crippen LogP contribution is 2.25. The number of nitrogens with one attached hydrogen (secondary N) is 2. The summed E-state index contributed by atoms with van der Waals surface area (Å²) in [5, 5.41) is 5.88. The van der Waals surface area contributed by atoms with E-state index in [1.165, 1.54) is 19.3 Å². The Morgan fingerprint density at radius 2 is 2.21 bits per heavy atom. The molecule has 0 radical (unpaired) electrons. The van der Waals surface area contributed by atoms with Crippen molar-refractivity contribution in [1.29, 1.82) is 0 Å². The lowest BCUT2D eigenvalue weighted by atomic mass is 9.91. The molecule has 154 valence electrons. The number of carbonyl (C=O) groups excluding carboxylic acids is 2. The second kappa shape index (κ2) is 8.90. The van der Waals surface area contributed by atoms with Crippen molar-refractivity contribution in [2.75, 3.05) is 44.2 Å². The summed E-state index contributed by atoms with van der Waals surface area (Å²) in [6.45, 7) is 11.1. The molecule has 2 saturated heterocycles. The van der Waals surface area contributed by atoms with Crippen molar-refractivity contribution in [2.45, 2.75) is 45.6 Å². The maximum Gasteiger partial charge on any atom is 0.270 e. The third-order valence-corrected chi connectivity index (χ3v) is 6.01. The molecular weight excluding hydrogens is 354 g/mol. The molecule has 2 fully saturated rings. The molecule has 0 aliphatic carbocycles. The molecule has 0 spiro atoms. The van der Waals surface area contributed by atoms with Crippen molar-refractivity contribution < 1.29 is 9.59 Å². The molecule has 7 heteroatoms. The van der Waals surface area contributed by atoms with Crippen LogP contribution in [-0.4, -0.2) is 66.5 Å². The second-order valence-electron chi connectivity index (χ2n) is 8.53. The van der Waals surface area contributed by atoms with Crippen molar-refractivity contribution in [3.63, 3.8) is 0 Å². The maximum absolute atomic E-state index is 12.7. The van der Waals surface area contributed by atoms with Crippen molar-refractivity contribution in [1.82, 2.24) is 20.5 Å². The first-order valence-electron chi connectivity index (χ1n) is 10.4. The fourth-order valence-electron chi connectivity index (χ4n) is 4.05. The third kappa shape index (κ3) is 5.01. The Balaban J connectivity index is 1.60. The predicted octanol–water partition coefficient (Wildman–Crippen LogP) is 1.65. The SMILES string of the molecule is CCC1CCCN(C(C)(C)CNC(=O)c2cc(N3CCNC(=O)C3)ccn2)C1. The van der Waals surface area contributed by atoms with Gasteiger partial charge in [-0.15, -0.1) is 0 Å². The van der Waals surface area contributed by atoms with E-state index < -0.39 is 0 Å². The fraction of sp³-hybridized carbons (Fsp3) is 0.667. The van der Waals surface area contributed by atoms with E-state index in [2.05, 4.69) is 41.3 Å². The molecule has 1 unspecified atom stereocenters. The number of nitrogens with zero attached hydrogens (tertiary/aromatic N) is 3. The number of amides is 2. The monoisotopic (exact) mass is 387 g/mol. The first-order chi connectivity index (χ1) is 13.4. The van der Waals surface area contributed by atoms with E-state index in [0.29, 0.717) is 25.3 Å². The smallest absolute Gasteiger partial charge is 0.270 e. The minimum absolute atomic E-state index is 0.00253. The summed E-state index contributed by atoms with van der Waals surface area (Å²) in [6.07, 6.45) is 5.38. The van der Waals surface area contributed by atoms with Crippen LogP contribution in [0.1, 0.15) is 50.5 Å². The van der Waals surface area contributed by atoms with Crippen LogP contribution in [0.15, 0.2) is 18.3 Å². The van der Waals surface area contributed by atoms with Crippen LogP contribution in [0.2, 0.25) is 0 Å². The summed E-state index contributed by atoms with van der Waals surface area (Å²) in [5.74, 6) is 0.590. The van der Waals surface area contributed by atoms with Gasteiger partial charge < -0.3 is 15.5 Å². The van der Waals surface area contributed by atoms with Gasteiger partial charge in [0.2, 0.25) is 5.91 Å². The number of hydrogen-bond donors (Lipinski definition) is 2. The van der Waals surface area contributed by atoms with E-state index in [1.807, 2.05) is 11.0 Å². The molecule has 7 nitrogen and oxygen atoms in total. The molecule has 2 aliphatic heterocycles. The molecule has 1 atom stereocenters. The summed E-state index contributed by atoms with van der Waals surface area (Å²) in [6, 6.07) is 3.62. The number of rotatable bonds is 6. The Morgan fingerprint density at radius 1 is 1.39 bits per heavy atom. The van der Waals surface area contributed by atoms with E-state index in [1.54, 1.807) is 12.3 Å². The van der Waals surface area contributed by atoms with Crippen molar-refractivity contribution in [3.05, 3.63) is 24.0 Å². The minimum Gasteiger partial charge on any atom is -0.360 e. The van der Waals surface area contributed by atoms with Gasteiger partial charge in [0, 0.05) is 43.6 Å². The van der Waals surface area contributed by atoms with Crippen LogP contribution in [0.25, 0.3) is 0 Å². The van der Waals surface area contributed by atoms with E-state index in [-0.39, 0.29) is 17.4 Å². The van der Waals surface area contributed by atoms with Gasteiger partial charge in [-0.05, 0) is 51.3 Å². The first-order valence-corrected chi connectivity index (χ1v) is 10.4. The highest BCUT2D eigenvalue weighted by molar-refractivity contribution is 5.93. The Morgan fingerprint density at radius 3 is 2.96 bits per heavy atom. The molecule has 1 aromatic rings. The van der Waals surface area contributed by atoms with Crippen LogP contribution in [-0.2, 0) is 4.79 Å². The minimum atomic E-state index is -0.166. The van der Waals surface area contributed by atoms with Gasteiger partial charge >= 0.3 is 0 Å². The Labute approximate surface area is 167 Å². The number of piperidine rings is 1. The fourth-order valence-corrected chi connectivity index (χ4v) is 4.05.